The lowest BCUT2D eigenvalue weighted by molar-refractivity contribution is -0.122. The van der Waals surface area contributed by atoms with Crippen LogP contribution >= 0.6 is 15.9 Å². The molecule has 0 radical (unpaired) electrons. The van der Waals surface area contributed by atoms with Crippen LogP contribution in [0.5, 0.6) is 11.5 Å². The van der Waals surface area contributed by atoms with Crippen LogP contribution in [-0.4, -0.2) is 25.0 Å². The van der Waals surface area contributed by atoms with Gasteiger partial charge in [-0.1, -0.05) is 60.7 Å². The molecule has 1 saturated heterocycles. The SMILES string of the molecule is COc1cc(/C=C2\C(=O)NC(=O)N(c3ccccc3)C2=O)cc(Br)c1OCc1cccc2ccccc12. The molecule has 1 N–H and O–H groups in total. The highest BCUT2D eigenvalue weighted by Gasteiger charge is 2.36. The average Bonchev–Trinajstić information content (AvgIpc) is 2.90. The number of halogens is 1. The molecule has 1 aliphatic heterocycles. The van der Waals surface area contributed by atoms with E-state index in [1.807, 2.05) is 42.5 Å². The van der Waals surface area contributed by atoms with Gasteiger partial charge in [-0.15, -0.1) is 0 Å². The molecule has 0 aliphatic carbocycles. The third-order valence-electron chi connectivity index (χ3n) is 5.93. The molecule has 0 aromatic heterocycles. The molecule has 8 heteroatoms. The van der Waals surface area contributed by atoms with Crippen LogP contribution in [0.4, 0.5) is 10.5 Å². The molecule has 1 aliphatic rings. The third-order valence-corrected chi connectivity index (χ3v) is 6.52. The molecule has 7 nitrogen and oxygen atoms in total. The molecule has 4 aromatic carbocycles. The van der Waals surface area contributed by atoms with Crippen molar-refractivity contribution in [3.05, 3.63) is 106 Å². The van der Waals surface area contributed by atoms with Crippen molar-refractivity contribution in [1.82, 2.24) is 5.32 Å². The molecule has 0 atom stereocenters. The van der Waals surface area contributed by atoms with Gasteiger partial charge in [-0.3, -0.25) is 14.9 Å². The van der Waals surface area contributed by atoms with Crippen LogP contribution in [0, 0.1) is 0 Å². The highest BCUT2D eigenvalue weighted by atomic mass is 79.9. The van der Waals surface area contributed by atoms with Crippen molar-refractivity contribution in [3.63, 3.8) is 0 Å². The van der Waals surface area contributed by atoms with Crippen molar-refractivity contribution >= 4 is 56.3 Å². The van der Waals surface area contributed by atoms with Gasteiger partial charge in [-0.2, -0.15) is 0 Å². The van der Waals surface area contributed by atoms with Gasteiger partial charge in [0.25, 0.3) is 11.8 Å². The summed E-state index contributed by atoms with van der Waals surface area (Å²) >= 11 is 3.53. The molecule has 5 rings (SSSR count). The van der Waals surface area contributed by atoms with E-state index in [1.54, 1.807) is 42.5 Å². The lowest BCUT2D eigenvalue weighted by atomic mass is 10.1. The normalized spacial score (nSPS) is 14.7. The van der Waals surface area contributed by atoms with E-state index in [0.717, 1.165) is 21.2 Å². The highest BCUT2D eigenvalue weighted by molar-refractivity contribution is 9.10. The average molecular weight is 557 g/mol. The van der Waals surface area contributed by atoms with Crippen LogP contribution < -0.4 is 19.7 Å². The van der Waals surface area contributed by atoms with E-state index in [1.165, 1.54) is 13.2 Å². The van der Waals surface area contributed by atoms with E-state index in [2.05, 4.69) is 21.2 Å². The fraction of sp³-hybridized carbons (Fsp3) is 0.0690. The fourth-order valence-corrected chi connectivity index (χ4v) is 4.74. The zero-order chi connectivity index (χ0) is 25.9. The second-order valence-electron chi connectivity index (χ2n) is 8.25. The number of para-hydroxylation sites is 1. The maximum atomic E-state index is 13.1. The number of urea groups is 1. The van der Waals surface area contributed by atoms with Crippen LogP contribution in [0.15, 0.2) is 95.0 Å². The first kappa shape index (κ1) is 24.3. The largest absolute Gasteiger partial charge is 0.493 e. The Morgan fingerprint density at radius 2 is 1.65 bits per heavy atom. The van der Waals surface area contributed by atoms with Crippen LogP contribution in [-0.2, 0) is 16.2 Å². The molecule has 1 fully saturated rings. The topological polar surface area (TPSA) is 84.9 Å². The van der Waals surface area contributed by atoms with Crippen molar-refractivity contribution < 1.29 is 23.9 Å². The van der Waals surface area contributed by atoms with Crippen molar-refractivity contribution in [2.24, 2.45) is 0 Å². The standard InChI is InChI=1S/C29H21BrN2O5/c1-36-25-16-18(14-23-27(33)31-29(35)32(28(23)34)21-11-3-2-4-12-21)15-24(30)26(25)37-17-20-10-7-9-19-8-5-6-13-22(19)20/h2-16H,17H2,1H3,(H,31,33,35)/b23-14+. The number of carbonyl (C=O) groups is 3. The Labute approximate surface area is 221 Å². The van der Waals surface area contributed by atoms with E-state index in [0.29, 0.717) is 33.8 Å². The first-order chi connectivity index (χ1) is 18.0. The van der Waals surface area contributed by atoms with Gasteiger partial charge in [0.2, 0.25) is 0 Å². The quantitative estimate of drug-likeness (QED) is 0.237. The van der Waals surface area contributed by atoms with Crippen LogP contribution in [0.2, 0.25) is 0 Å². The first-order valence-electron chi connectivity index (χ1n) is 11.4. The number of ether oxygens (including phenoxy) is 2. The second-order valence-corrected chi connectivity index (χ2v) is 9.11. The van der Waals surface area contributed by atoms with E-state index < -0.39 is 17.8 Å². The molecule has 0 bridgehead atoms. The Morgan fingerprint density at radius 3 is 2.43 bits per heavy atom. The van der Waals surface area contributed by atoms with Crippen molar-refractivity contribution in [3.8, 4) is 11.5 Å². The Bertz CT molecular complexity index is 1560. The number of methoxy groups -OCH3 is 1. The molecule has 0 saturated carbocycles. The number of anilines is 1. The number of hydrogen-bond acceptors (Lipinski definition) is 5. The van der Waals surface area contributed by atoms with E-state index in [9.17, 15) is 14.4 Å². The number of benzene rings is 4. The van der Waals surface area contributed by atoms with Gasteiger partial charge in [0.05, 0.1) is 17.3 Å². The number of fused-ring (bicyclic) bond motifs is 1. The van der Waals surface area contributed by atoms with Crippen molar-refractivity contribution in [2.45, 2.75) is 6.61 Å². The lowest BCUT2D eigenvalue weighted by Crippen LogP contribution is -2.54. The summed E-state index contributed by atoms with van der Waals surface area (Å²) in [5, 5.41) is 4.45. The van der Waals surface area contributed by atoms with Crippen molar-refractivity contribution in [1.29, 1.82) is 0 Å². The second kappa shape index (κ2) is 10.3. The van der Waals surface area contributed by atoms with E-state index >= 15 is 0 Å². The van der Waals surface area contributed by atoms with Crippen LogP contribution in [0.1, 0.15) is 11.1 Å². The van der Waals surface area contributed by atoms with Gasteiger partial charge in [-0.05, 0) is 68.2 Å². The highest BCUT2D eigenvalue weighted by Crippen LogP contribution is 2.38. The number of barbiturate groups is 1. The van der Waals surface area contributed by atoms with Gasteiger partial charge in [0.1, 0.15) is 12.2 Å². The molecule has 0 unspecified atom stereocenters. The summed E-state index contributed by atoms with van der Waals surface area (Å²) in [7, 11) is 1.51. The van der Waals surface area contributed by atoms with Crippen molar-refractivity contribution in [2.75, 3.05) is 12.0 Å². The number of rotatable bonds is 6. The number of nitrogens with one attached hydrogen (secondary N) is 1. The molecule has 4 amide bonds. The number of nitrogens with zero attached hydrogens (tertiary/aromatic N) is 1. The molecule has 4 aromatic rings. The molecular weight excluding hydrogens is 536 g/mol. The zero-order valence-electron chi connectivity index (χ0n) is 19.7. The minimum Gasteiger partial charge on any atom is -0.493 e. The summed E-state index contributed by atoms with van der Waals surface area (Å²) in [6, 6.07) is 25.1. The first-order valence-corrected chi connectivity index (χ1v) is 12.2. The predicted octanol–water partition coefficient (Wildman–Crippen LogP) is 5.86. The molecule has 184 valence electrons. The smallest absolute Gasteiger partial charge is 0.335 e. The van der Waals surface area contributed by atoms with Gasteiger partial charge in [-0.25, -0.2) is 9.69 Å². The van der Waals surface area contributed by atoms with Gasteiger partial charge in [0, 0.05) is 0 Å². The zero-order valence-corrected chi connectivity index (χ0v) is 21.3. The fourth-order valence-electron chi connectivity index (χ4n) is 4.17. The molecule has 1 heterocycles. The number of amides is 4. The molecule has 37 heavy (non-hydrogen) atoms. The minimum absolute atomic E-state index is 0.179. The molecular formula is C29H21BrN2O5. The summed E-state index contributed by atoms with van der Waals surface area (Å²) in [4.78, 5) is 39.0. The Hall–Kier alpha value is -4.43. The maximum absolute atomic E-state index is 13.1. The van der Waals surface area contributed by atoms with Gasteiger partial charge < -0.3 is 9.47 Å². The van der Waals surface area contributed by atoms with Gasteiger partial charge in [0.15, 0.2) is 11.5 Å². The van der Waals surface area contributed by atoms with E-state index in [4.69, 9.17) is 9.47 Å². The third kappa shape index (κ3) is 4.83. The summed E-state index contributed by atoms with van der Waals surface area (Å²) in [5.74, 6) is -0.584. The van der Waals surface area contributed by atoms with Gasteiger partial charge >= 0.3 is 6.03 Å². The predicted molar refractivity (Wildman–Crippen MR) is 144 cm³/mol. The summed E-state index contributed by atoms with van der Waals surface area (Å²) in [6.07, 6.45) is 1.42. The maximum Gasteiger partial charge on any atom is 0.335 e. The van der Waals surface area contributed by atoms with E-state index in [-0.39, 0.29) is 5.57 Å². The Morgan fingerprint density at radius 1 is 0.919 bits per heavy atom. The number of hydrogen-bond donors (Lipinski definition) is 1. The summed E-state index contributed by atoms with van der Waals surface area (Å²) in [6.45, 7) is 0.311. The summed E-state index contributed by atoms with van der Waals surface area (Å²) < 4.78 is 12.3. The lowest BCUT2D eigenvalue weighted by Gasteiger charge is -2.26. The van der Waals surface area contributed by atoms with Crippen LogP contribution in [0.3, 0.4) is 0 Å². The summed E-state index contributed by atoms with van der Waals surface area (Å²) in [5.41, 5.74) is 1.72. The monoisotopic (exact) mass is 556 g/mol. The Balaban J connectivity index is 1.44. The number of carbonyl (C=O) groups excluding carboxylic acids is 3. The minimum atomic E-state index is -0.797. The molecule has 0 spiro atoms. The number of imide groups is 2. The van der Waals surface area contributed by atoms with Crippen LogP contribution in [0.25, 0.3) is 16.8 Å². The Kier molecular flexibility index (Phi) is 6.74.